The summed E-state index contributed by atoms with van der Waals surface area (Å²) in [5.41, 5.74) is 1.29. The molecule has 7 nitrogen and oxygen atoms in total. The zero-order valence-electron chi connectivity index (χ0n) is 12.6. The monoisotopic (exact) mass is 369 g/mol. The number of aromatic nitrogens is 1. The maximum absolute atomic E-state index is 9.97. The normalized spacial score (nSPS) is 11.5. The highest BCUT2D eigenvalue weighted by atomic mass is 35.5. The molecular formula is C12H21ClN3O4PS. The van der Waals surface area contributed by atoms with Crippen molar-refractivity contribution in [3.05, 3.63) is 23.0 Å². The van der Waals surface area contributed by atoms with E-state index in [9.17, 15) is 10.2 Å². The third-order valence-electron chi connectivity index (χ3n) is 2.50. The van der Waals surface area contributed by atoms with Crippen LogP contribution in [-0.4, -0.2) is 34.6 Å². The van der Waals surface area contributed by atoms with Gasteiger partial charge < -0.3 is 19.3 Å². The van der Waals surface area contributed by atoms with E-state index in [2.05, 4.69) is 15.3 Å². The molecule has 0 aliphatic heterocycles. The molecule has 1 heterocycles. The second kappa shape index (κ2) is 10.1. The summed E-state index contributed by atoms with van der Waals surface area (Å²) >= 11 is 5.25. The summed E-state index contributed by atoms with van der Waals surface area (Å²) in [5.74, 6) is -0.0341. The lowest BCUT2D eigenvalue weighted by molar-refractivity contribution is 0.259. The van der Waals surface area contributed by atoms with E-state index in [0.29, 0.717) is 30.0 Å². The van der Waals surface area contributed by atoms with Crippen LogP contribution in [0.15, 0.2) is 11.3 Å². The molecule has 1 aromatic heterocycles. The minimum atomic E-state index is -2.68. The number of aryl methyl sites for hydroxylation is 1. The van der Waals surface area contributed by atoms with Gasteiger partial charge in [0.2, 0.25) is 0 Å². The molecule has 0 saturated heterocycles. The third kappa shape index (κ3) is 5.79. The van der Waals surface area contributed by atoms with Gasteiger partial charge in [-0.15, -0.1) is 12.4 Å². The maximum atomic E-state index is 9.97. The first-order chi connectivity index (χ1) is 9.97. The van der Waals surface area contributed by atoms with Gasteiger partial charge in [0.1, 0.15) is 5.75 Å². The lowest BCUT2D eigenvalue weighted by Crippen LogP contribution is -2.09. The zero-order valence-corrected chi connectivity index (χ0v) is 15.2. The van der Waals surface area contributed by atoms with Crippen molar-refractivity contribution in [2.75, 3.05) is 13.2 Å². The van der Waals surface area contributed by atoms with Crippen LogP contribution in [0.4, 0.5) is 0 Å². The van der Waals surface area contributed by atoms with Gasteiger partial charge in [0.05, 0.1) is 31.7 Å². The first-order valence-corrected chi connectivity index (χ1v) is 9.09. The fraction of sp³-hybridized carbons (Fsp3) is 0.500. The summed E-state index contributed by atoms with van der Waals surface area (Å²) in [6.45, 7) is 3.15. The number of rotatable bonds is 8. The van der Waals surface area contributed by atoms with Crippen molar-refractivity contribution < 1.29 is 19.3 Å². The first-order valence-electron chi connectivity index (χ1n) is 6.45. The number of nitrogens with zero attached hydrogens (tertiary/aromatic N) is 2. The molecule has 0 unspecified atom stereocenters. The number of aliphatic hydroxyl groups is 1. The van der Waals surface area contributed by atoms with Crippen molar-refractivity contribution in [1.82, 2.24) is 10.2 Å². The molecule has 0 amide bonds. The molecule has 0 aromatic carbocycles. The van der Waals surface area contributed by atoms with Crippen LogP contribution in [0.2, 0.25) is 0 Å². The van der Waals surface area contributed by atoms with E-state index in [0.717, 1.165) is 0 Å². The SMILES string of the molecule is CCOP(=S)(N/N=C/c1c(CO)cnc(C)c1O)OCC.Cl. The molecule has 0 atom stereocenters. The molecular weight excluding hydrogens is 349 g/mol. The topological polar surface area (TPSA) is 96.2 Å². The molecule has 10 heteroatoms. The number of pyridine rings is 1. The van der Waals surface area contributed by atoms with E-state index in [1.165, 1.54) is 12.4 Å². The Kier molecular flexibility index (Phi) is 9.75. The van der Waals surface area contributed by atoms with Gasteiger partial charge in [0, 0.05) is 17.3 Å². The van der Waals surface area contributed by atoms with Gasteiger partial charge in [0.25, 0.3) is 0 Å². The minimum Gasteiger partial charge on any atom is -0.505 e. The van der Waals surface area contributed by atoms with Crippen LogP contribution in [-0.2, 0) is 27.5 Å². The van der Waals surface area contributed by atoms with Gasteiger partial charge >= 0.3 is 6.64 Å². The molecule has 1 aromatic rings. The Labute approximate surface area is 141 Å². The summed E-state index contributed by atoms with van der Waals surface area (Å²) in [5, 5.41) is 25.9. The van der Waals surface area contributed by atoms with Gasteiger partial charge in [-0.05, 0) is 32.6 Å². The predicted octanol–water partition coefficient (Wildman–Crippen LogP) is 2.23. The lowest BCUT2D eigenvalue weighted by Gasteiger charge is -2.19. The Morgan fingerprint density at radius 3 is 2.50 bits per heavy atom. The third-order valence-corrected chi connectivity index (χ3v) is 4.93. The van der Waals surface area contributed by atoms with Crippen molar-refractivity contribution in [3.63, 3.8) is 0 Å². The Morgan fingerprint density at radius 1 is 1.41 bits per heavy atom. The maximum Gasteiger partial charge on any atom is 0.303 e. The van der Waals surface area contributed by atoms with Crippen molar-refractivity contribution in [2.24, 2.45) is 5.10 Å². The number of hydrogen-bond acceptors (Lipinski definition) is 7. The second-order valence-corrected chi connectivity index (χ2v) is 7.13. The number of aromatic hydroxyl groups is 1. The van der Waals surface area contributed by atoms with Crippen LogP contribution in [0, 0.1) is 6.92 Å². The van der Waals surface area contributed by atoms with Crippen molar-refractivity contribution in [2.45, 2.75) is 27.4 Å². The summed E-state index contributed by atoms with van der Waals surface area (Å²) in [6, 6.07) is 0. The van der Waals surface area contributed by atoms with Crippen LogP contribution < -0.4 is 5.20 Å². The average Bonchev–Trinajstić information content (AvgIpc) is 2.44. The standard InChI is InChI=1S/C12H20N3O4PS.ClH/c1-4-18-20(21,19-5-2)15-14-7-11-10(8-16)6-13-9(3)12(11)17;/h6-7,16-17H,4-5,8H2,1-3H3,(H,15,21);1H/b14-7+;. The van der Waals surface area contributed by atoms with Crippen LogP contribution in [0.25, 0.3) is 0 Å². The Morgan fingerprint density at radius 2 is 2.00 bits per heavy atom. The van der Waals surface area contributed by atoms with Crippen LogP contribution >= 0.6 is 19.0 Å². The van der Waals surface area contributed by atoms with E-state index in [4.69, 9.17) is 20.9 Å². The Bertz CT molecular complexity index is 549. The highest BCUT2D eigenvalue weighted by molar-refractivity contribution is 8.08. The number of aliphatic hydroxyl groups excluding tert-OH is 1. The average molecular weight is 370 g/mol. The van der Waals surface area contributed by atoms with Crippen LogP contribution in [0.3, 0.4) is 0 Å². The van der Waals surface area contributed by atoms with E-state index in [1.807, 2.05) is 13.8 Å². The van der Waals surface area contributed by atoms with E-state index >= 15 is 0 Å². The smallest absolute Gasteiger partial charge is 0.303 e. The molecule has 0 aliphatic rings. The Balaban J connectivity index is 0.00000441. The van der Waals surface area contributed by atoms with Gasteiger partial charge in [-0.3, -0.25) is 4.98 Å². The number of nitrogens with one attached hydrogen (secondary N) is 1. The molecule has 3 N–H and O–H groups in total. The van der Waals surface area contributed by atoms with E-state index in [1.54, 1.807) is 6.92 Å². The van der Waals surface area contributed by atoms with Gasteiger partial charge in [-0.2, -0.15) is 5.10 Å². The van der Waals surface area contributed by atoms with Crippen LogP contribution in [0.5, 0.6) is 5.75 Å². The molecule has 126 valence electrons. The minimum absolute atomic E-state index is 0. The van der Waals surface area contributed by atoms with Crippen molar-refractivity contribution in [1.29, 1.82) is 0 Å². The molecule has 0 spiro atoms. The number of hydrogen-bond donors (Lipinski definition) is 3. The largest absolute Gasteiger partial charge is 0.505 e. The molecule has 0 bridgehead atoms. The van der Waals surface area contributed by atoms with Gasteiger partial charge in [-0.1, -0.05) is 0 Å². The summed E-state index contributed by atoms with van der Waals surface area (Å²) in [7, 11) is 0. The number of halogens is 1. The summed E-state index contributed by atoms with van der Waals surface area (Å²) in [6.07, 6.45) is 2.85. The molecule has 0 fully saturated rings. The van der Waals surface area contributed by atoms with Gasteiger partial charge in [0.15, 0.2) is 0 Å². The Hall–Kier alpha value is -0.760. The highest BCUT2D eigenvalue weighted by Gasteiger charge is 2.16. The van der Waals surface area contributed by atoms with E-state index in [-0.39, 0.29) is 24.8 Å². The number of hydrazone groups is 1. The quantitative estimate of drug-likeness (QED) is 0.367. The highest BCUT2D eigenvalue weighted by Crippen LogP contribution is 2.43. The van der Waals surface area contributed by atoms with Crippen LogP contribution in [0.1, 0.15) is 30.7 Å². The predicted molar refractivity (Wildman–Crippen MR) is 92.1 cm³/mol. The van der Waals surface area contributed by atoms with Crippen molar-refractivity contribution in [3.8, 4) is 5.75 Å². The first kappa shape index (κ1) is 21.2. The molecule has 22 heavy (non-hydrogen) atoms. The lowest BCUT2D eigenvalue weighted by atomic mass is 10.1. The van der Waals surface area contributed by atoms with E-state index < -0.39 is 6.64 Å². The fourth-order valence-corrected chi connectivity index (χ4v) is 3.36. The summed E-state index contributed by atoms with van der Waals surface area (Å²) < 4.78 is 10.7. The molecule has 0 saturated carbocycles. The molecule has 1 rings (SSSR count). The fourth-order valence-electron chi connectivity index (χ4n) is 1.52. The zero-order chi connectivity index (χ0) is 15.9. The molecule has 0 aliphatic carbocycles. The molecule has 0 radical (unpaired) electrons. The summed E-state index contributed by atoms with van der Waals surface area (Å²) in [4.78, 5) is 3.97. The van der Waals surface area contributed by atoms with Crippen molar-refractivity contribution >= 4 is 37.1 Å². The van der Waals surface area contributed by atoms with Gasteiger partial charge in [-0.25, -0.2) is 5.20 Å². The second-order valence-electron chi connectivity index (χ2n) is 3.98.